The average Bonchev–Trinajstić information content (AvgIpc) is 0.792. The standard InChI is InChI=1S/2C51H33N3/c1-3-11-38-27-42(25-19-34(38)9-1)40-14-7-16-44(29-40)50-31-49(37-23-21-36(22-24-37)48-33-52-32-46-13-5-6-18-47(46)48)53-51(54-50)45-17-8-15-41(30-45)43-26-20-35-10-2-4-12-39(35)28-43;1-3-10-40-28-43(26-18-34(40)8-1)36-16-24-39(25-17-36)51-53-49(38-22-20-37(21-23-38)48-33-52-32-46-12-5-6-15-47(46)48)31-50(54-51)45-14-7-13-42(30-45)44-27-19-35-9-2-4-11-41(35)29-44/h2*1-33H. The Morgan fingerprint density at radius 2 is 0.398 bits per heavy atom. The third kappa shape index (κ3) is 13.1. The lowest BCUT2D eigenvalue weighted by Gasteiger charge is -2.12. The summed E-state index contributed by atoms with van der Waals surface area (Å²) in [6.07, 6.45) is 7.73. The van der Waals surface area contributed by atoms with Gasteiger partial charge in [0.05, 0.1) is 22.8 Å². The first-order chi connectivity index (χ1) is 53.4. The lowest BCUT2D eigenvalue weighted by molar-refractivity contribution is 1.18. The molecule has 0 aliphatic rings. The maximum atomic E-state index is 5.25. The van der Waals surface area contributed by atoms with Gasteiger partial charge < -0.3 is 0 Å². The molecule has 4 heterocycles. The summed E-state index contributed by atoms with van der Waals surface area (Å²) in [5.74, 6) is 1.37. The second kappa shape index (κ2) is 28.3. The molecule has 0 fully saturated rings. The number of hydrogen-bond donors (Lipinski definition) is 0. The number of aromatic nitrogens is 6. The summed E-state index contributed by atoms with van der Waals surface area (Å²) in [7, 11) is 0. The van der Waals surface area contributed by atoms with Gasteiger partial charge in [-0.15, -0.1) is 0 Å². The number of pyridine rings is 2. The quantitative estimate of drug-likeness (QED) is 0.121. The molecular weight excluding hydrogens is 1310 g/mol. The Labute approximate surface area is 626 Å². The first-order valence-corrected chi connectivity index (χ1v) is 36.5. The highest BCUT2D eigenvalue weighted by Crippen LogP contribution is 2.39. The summed E-state index contributed by atoms with van der Waals surface area (Å²) in [6.45, 7) is 0. The van der Waals surface area contributed by atoms with Crippen LogP contribution in [-0.4, -0.2) is 29.9 Å². The van der Waals surface area contributed by atoms with Crippen LogP contribution in [0.1, 0.15) is 0 Å². The Kier molecular flexibility index (Phi) is 16.9. The summed E-state index contributed by atoms with van der Waals surface area (Å²) < 4.78 is 0. The van der Waals surface area contributed by atoms with Crippen LogP contribution in [0.5, 0.6) is 0 Å². The van der Waals surface area contributed by atoms with Crippen LogP contribution in [0.2, 0.25) is 0 Å². The molecule has 6 nitrogen and oxygen atoms in total. The summed E-state index contributed by atoms with van der Waals surface area (Å²) in [6, 6.07) is 133. The molecule has 108 heavy (non-hydrogen) atoms. The Bertz CT molecular complexity index is 6650. The zero-order valence-electron chi connectivity index (χ0n) is 58.8. The van der Waals surface area contributed by atoms with Gasteiger partial charge in [-0.25, -0.2) is 19.9 Å². The fourth-order valence-electron chi connectivity index (χ4n) is 14.9. The van der Waals surface area contributed by atoms with Crippen LogP contribution >= 0.6 is 0 Å². The van der Waals surface area contributed by atoms with Crippen molar-refractivity contribution < 1.29 is 0 Å². The molecule has 16 aromatic carbocycles. The average molecular weight is 1380 g/mol. The van der Waals surface area contributed by atoms with Crippen LogP contribution in [0.4, 0.5) is 0 Å². The predicted molar refractivity (Wildman–Crippen MR) is 450 cm³/mol. The largest absolute Gasteiger partial charge is 0.263 e. The van der Waals surface area contributed by atoms with E-state index in [0.717, 1.165) is 117 Å². The predicted octanol–water partition coefficient (Wildman–Crippen LogP) is 26.7. The van der Waals surface area contributed by atoms with Crippen LogP contribution in [0.3, 0.4) is 0 Å². The van der Waals surface area contributed by atoms with Gasteiger partial charge in [0.2, 0.25) is 0 Å². The first-order valence-electron chi connectivity index (χ1n) is 36.5. The van der Waals surface area contributed by atoms with Crippen LogP contribution in [0, 0.1) is 0 Å². The van der Waals surface area contributed by atoms with E-state index in [0.29, 0.717) is 11.6 Å². The van der Waals surface area contributed by atoms with Gasteiger partial charge in [-0.2, -0.15) is 0 Å². The van der Waals surface area contributed by atoms with Gasteiger partial charge >= 0.3 is 0 Å². The molecular formula is C102H66N6. The van der Waals surface area contributed by atoms with Crippen molar-refractivity contribution in [2.75, 3.05) is 0 Å². The van der Waals surface area contributed by atoms with E-state index < -0.39 is 0 Å². The molecule has 0 spiro atoms. The van der Waals surface area contributed by atoms with E-state index in [1.54, 1.807) is 0 Å². The molecule has 0 N–H and O–H groups in total. The minimum absolute atomic E-state index is 0.684. The van der Waals surface area contributed by atoms with Crippen LogP contribution in [-0.2, 0) is 0 Å². The van der Waals surface area contributed by atoms with Gasteiger partial charge in [-0.05, 0) is 164 Å². The van der Waals surface area contributed by atoms with Crippen molar-refractivity contribution >= 4 is 64.6 Å². The van der Waals surface area contributed by atoms with Crippen LogP contribution in [0.25, 0.3) is 199 Å². The molecule has 0 radical (unpaired) electrons. The highest BCUT2D eigenvalue weighted by molar-refractivity contribution is 5.98. The smallest absolute Gasteiger partial charge is 0.160 e. The van der Waals surface area contributed by atoms with E-state index in [-0.39, 0.29) is 0 Å². The van der Waals surface area contributed by atoms with E-state index >= 15 is 0 Å². The minimum atomic E-state index is 0.684. The molecule has 0 unspecified atom stereocenters. The first kappa shape index (κ1) is 64.4. The number of nitrogens with zero attached hydrogens (tertiary/aromatic N) is 6. The van der Waals surface area contributed by atoms with Crippen molar-refractivity contribution in [3.05, 3.63) is 401 Å². The highest BCUT2D eigenvalue weighted by Gasteiger charge is 2.18. The molecule has 0 atom stereocenters. The van der Waals surface area contributed by atoms with Gasteiger partial charge in [0.1, 0.15) is 0 Å². The number of hydrogen-bond acceptors (Lipinski definition) is 6. The van der Waals surface area contributed by atoms with Crippen molar-refractivity contribution in [1.82, 2.24) is 29.9 Å². The molecule has 0 aliphatic carbocycles. The lowest BCUT2D eigenvalue weighted by atomic mass is 9.97. The lowest BCUT2D eigenvalue weighted by Crippen LogP contribution is -1.96. The number of fused-ring (bicyclic) bond motifs is 6. The molecule has 20 aromatic rings. The molecule has 20 rings (SSSR count). The van der Waals surface area contributed by atoms with Crippen molar-refractivity contribution in [3.8, 4) is 135 Å². The fourth-order valence-corrected chi connectivity index (χ4v) is 14.9. The minimum Gasteiger partial charge on any atom is -0.263 e. The molecule has 4 aromatic heterocycles. The van der Waals surface area contributed by atoms with Crippen LogP contribution < -0.4 is 0 Å². The monoisotopic (exact) mass is 1370 g/mol. The maximum absolute atomic E-state index is 5.25. The van der Waals surface area contributed by atoms with E-state index in [2.05, 4.69) is 386 Å². The fraction of sp³-hybridized carbons (Fsp3) is 0. The number of rotatable bonds is 12. The van der Waals surface area contributed by atoms with E-state index in [4.69, 9.17) is 19.9 Å². The third-order valence-corrected chi connectivity index (χ3v) is 20.7. The van der Waals surface area contributed by atoms with E-state index in [1.807, 2.05) is 24.8 Å². The topological polar surface area (TPSA) is 77.3 Å². The van der Waals surface area contributed by atoms with Gasteiger partial charge in [0.25, 0.3) is 0 Å². The van der Waals surface area contributed by atoms with Gasteiger partial charge in [0, 0.05) is 80.1 Å². The molecule has 0 amide bonds. The van der Waals surface area contributed by atoms with E-state index in [1.165, 1.54) is 70.6 Å². The van der Waals surface area contributed by atoms with Gasteiger partial charge in [-0.3, -0.25) is 9.97 Å². The van der Waals surface area contributed by atoms with Gasteiger partial charge in [-0.1, -0.05) is 322 Å². The summed E-state index contributed by atoms with van der Waals surface area (Å²) in [5.41, 5.74) is 23.2. The molecule has 6 heteroatoms. The molecule has 0 saturated carbocycles. The Balaban J connectivity index is 0.000000147. The SMILES string of the molecule is c1cc(-c2ccc3ccccc3c2)cc(-c2cc(-c3ccc(-c4cncc5ccccc45)cc3)nc(-c3ccc(-c4ccc5ccccc5c4)cc3)n2)c1.c1cc(-c2ccc3ccccc3c2)cc(-c2cc(-c3ccc(-c4cncc5ccccc45)cc3)nc(-c3cccc(-c4ccc5ccccc5c4)c3)n2)c1. The van der Waals surface area contributed by atoms with Crippen molar-refractivity contribution in [2.45, 2.75) is 0 Å². The van der Waals surface area contributed by atoms with Crippen molar-refractivity contribution in [1.29, 1.82) is 0 Å². The Hall–Kier alpha value is -14.5. The van der Waals surface area contributed by atoms with Gasteiger partial charge in [0.15, 0.2) is 11.6 Å². The summed E-state index contributed by atoms with van der Waals surface area (Å²) >= 11 is 0. The van der Waals surface area contributed by atoms with E-state index in [9.17, 15) is 0 Å². The zero-order chi connectivity index (χ0) is 71.7. The Morgan fingerprint density at radius 3 is 0.787 bits per heavy atom. The second-order valence-corrected chi connectivity index (χ2v) is 27.5. The van der Waals surface area contributed by atoms with Crippen molar-refractivity contribution in [3.63, 3.8) is 0 Å². The Morgan fingerprint density at radius 1 is 0.139 bits per heavy atom. The normalized spacial score (nSPS) is 11.3. The molecule has 504 valence electrons. The summed E-state index contributed by atoms with van der Waals surface area (Å²) in [4.78, 5) is 29.9. The number of benzene rings is 16. The molecule has 0 aliphatic heterocycles. The molecule has 0 bridgehead atoms. The zero-order valence-corrected chi connectivity index (χ0v) is 58.8. The second-order valence-electron chi connectivity index (χ2n) is 27.5. The van der Waals surface area contributed by atoms with Crippen LogP contribution in [0.15, 0.2) is 401 Å². The highest BCUT2D eigenvalue weighted by atomic mass is 14.9. The third-order valence-electron chi connectivity index (χ3n) is 20.7. The summed E-state index contributed by atoms with van der Waals surface area (Å²) in [5, 5.41) is 14.4. The molecule has 0 saturated heterocycles. The van der Waals surface area contributed by atoms with Crippen molar-refractivity contribution in [2.24, 2.45) is 0 Å². The maximum Gasteiger partial charge on any atom is 0.160 e.